The molecular formula is C16H23N3S. The van der Waals surface area contributed by atoms with Gasteiger partial charge in [0.05, 0.1) is 11.4 Å². The molecule has 0 aromatic carbocycles. The summed E-state index contributed by atoms with van der Waals surface area (Å²) in [7, 11) is 0. The molecule has 2 atom stereocenters. The Kier molecular flexibility index (Phi) is 4.32. The normalized spacial score (nSPS) is 23.3. The quantitative estimate of drug-likeness (QED) is 0.935. The fraction of sp³-hybridized carbons (Fsp3) is 0.562. The fourth-order valence-electron chi connectivity index (χ4n) is 3.16. The Labute approximate surface area is 125 Å². The number of thioether (sulfide) groups is 1. The molecule has 2 heterocycles. The van der Waals surface area contributed by atoms with Crippen LogP contribution in [-0.2, 0) is 6.54 Å². The zero-order valence-corrected chi connectivity index (χ0v) is 13.1. The minimum Gasteiger partial charge on any atom is -0.308 e. The molecule has 0 saturated heterocycles. The molecule has 0 aliphatic heterocycles. The Morgan fingerprint density at radius 1 is 1.40 bits per heavy atom. The second-order valence-electron chi connectivity index (χ2n) is 5.67. The highest BCUT2D eigenvalue weighted by Crippen LogP contribution is 2.27. The molecule has 108 valence electrons. The van der Waals surface area contributed by atoms with Gasteiger partial charge in [-0.3, -0.25) is 0 Å². The van der Waals surface area contributed by atoms with Gasteiger partial charge >= 0.3 is 0 Å². The standard InChI is InChI=1S/C16H23N3S/c1-12-15(19-9-4-3-8-16(19)18-12)11-17-13-6-5-7-14(10-13)20-2/h3-4,8-9,13-14,17H,5-7,10-11H2,1-2H3. The van der Waals surface area contributed by atoms with Gasteiger partial charge in [-0.05, 0) is 44.6 Å². The van der Waals surface area contributed by atoms with E-state index in [1.54, 1.807) is 0 Å². The Hall–Kier alpha value is -1.00. The van der Waals surface area contributed by atoms with Crippen LogP contribution in [-0.4, -0.2) is 26.9 Å². The minimum atomic E-state index is 0.662. The summed E-state index contributed by atoms with van der Waals surface area (Å²) < 4.78 is 2.21. The number of nitrogens with one attached hydrogen (secondary N) is 1. The van der Waals surface area contributed by atoms with Crippen molar-refractivity contribution in [3.63, 3.8) is 0 Å². The smallest absolute Gasteiger partial charge is 0.137 e. The lowest BCUT2D eigenvalue weighted by molar-refractivity contribution is 0.377. The molecule has 2 aromatic heterocycles. The van der Waals surface area contributed by atoms with Crippen molar-refractivity contribution < 1.29 is 0 Å². The van der Waals surface area contributed by atoms with Crippen molar-refractivity contribution in [3.05, 3.63) is 35.8 Å². The summed E-state index contributed by atoms with van der Waals surface area (Å²) in [6.45, 7) is 3.03. The van der Waals surface area contributed by atoms with Crippen LogP contribution in [0.4, 0.5) is 0 Å². The maximum atomic E-state index is 4.63. The van der Waals surface area contributed by atoms with Crippen molar-refractivity contribution in [3.8, 4) is 0 Å². The molecule has 0 amide bonds. The number of hydrogen-bond acceptors (Lipinski definition) is 3. The molecule has 4 heteroatoms. The summed E-state index contributed by atoms with van der Waals surface area (Å²) in [5.74, 6) is 0. The van der Waals surface area contributed by atoms with E-state index in [1.807, 2.05) is 17.8 Å². The molecule has 1 fully saturated rings. The van der Waals surface area contributed by atoms with Crippen molar-refractivity contribution >= 4 is 17.4 Å². The van der Waals surface area contributed by atoms with Crippen LogP contribution in [0.5, 0.6) is 0 Å². The van der Waals surface area contributed by atoms with Gasteiger partial charge in [0.25, 0.3) is 0 Å². The largest absolute Gasteiger partial charge is 0.308 e. The van der Waals surface area contributed by atoms with Gasteiger partial charge in [-0.2, -0.15) is 11.8 Å². The molecule has 0 spiro atoms. The summed E-state index contributed by atoms with van der Waals surface area (Å²) in [5, 5.41) is 4.58. The molecule has 20 heavy (non-hydrogen) atoms. The summed E-state index contributed by atoms with van der Waals surface area (Å²) in [5.41, 5.74) is 3.49. The van der Waals surface area contributed by atoms with Crippen LogP contribution in [0.2, 0.25) is 0 Å². The molecule has 3 rings (SSSR count). The van der Waals surface area contributed by atoms with Crippen molar-refractivity contribution in [1.29, 1.82) is 0 Å². The summed E-state index contributed by atoms with van der Waals surface area (Å²) >= 11 is 2.02. The van der Waals surface area contributed by atoms with Gasteiger partial charge in [0.1, 0.15) is 5.65 Å². The van der Waals surface area contributed by atoms with Crippen LogP contribution < -0.4 is 5.32 Å². The highest BCUT2D eigenvalue weighted by atomic mass is 32.2. The first kappa shape index (κ1) is 14.0. The van der Waals surface area contributed by atoms with Crippen LogP contribution in [0.1, 0.15) is 37.1 Å². The molecule has 0 bridgehead atoms. The lowest BCUT2D eigenvalue weighted by Gasteiger charge is -2.28. The van der Waals surface area contributed by atoms with Gasteiger partial charge in [0.2, 0.25) is 0 Å². The zero-order chi connectivity index (χ0) is 13.9. The Bertz CT molecular complexity index is 578. The molecule has 1 aliphatic carbocycles. The van der Waals surface area contributed by atoms with Gasteiger partial charge < -0.3 is 9.72 Å². The molecule has 1 aliphatic rings. The zero-order valence-electron chi connectivity index (χ0n) is 12.3. The third-order valence-corrected chi connectivity index (χ3v) is 5.44. The van der Waals surface area contributed by atoms with Crippen molar-refractivity contribution in [2.45, 2.75) is 50.4 Å². The number of fused-ring (bicyclic) bond motifs is 1. The number of nitrogens with zero attached hydrogens (tertiary/aromatic N) is 2. The molecule has 0 radical (unpaired) electrons. The highest BCUT2D eigenvalue weighted by Gasteiger charge is 2.21. The van der Waals surface area contributed by atoms with E-state index in [1.165, 1.54) is 31.4 Å². The highest BCUT2D eigenvalue weighted by molar-refractivity contribution is 7.99. The maximum absolute atomic E-state index is 4.63. The minimum absolute atomic E-state index is 0.662. The second-order valence-corrected chi connectivity index (χ2v) is 6.81. The Morgan fingerprint density at radius 3 is 3.15 bits per heavy atom. The van der Waals surface area contributed by atoms with Crippen LogP contribution in [0.3, 0.4) is 0 Å². The van der Waals surface area contributed by atoms with E-state index in [4.69, 9.17) is 0 Å². The molecule has 1 N–H and O–H groups in total. The monoisotopic (exact) mass is 289 g/mol. The van der Waals surface area contributed by atoms with E-state index >= 15 is 0 Å². The van der Waals surface area contributed by atoms with Crippen molar-refractivity contribution in [2.75, 3.05) is 6.26 Å². The van der Waals surface area contributed by atoms with Crippen LogP contribution in [0.25, 0.3) is 5.65 Å². The lowest BCUT2D eigenvalue weighted by Crippen LogP contribution is -2.35. The van der Waals surface area contributed by atoms with Gasteiger partial charge in [-0.25, -0.2) is 4.98 Å². The molecule has 3 nitrogen and oxygen atoms in total. The number of imidazole rings is 1. The van der Waals surface area contributed by atoms with Crippen molar-refractivity contribution in [2.24, 2.45) is 0 Å². The number of aryl methyl sites for hydroxylation is 1. The molecular weight excluding hydrogens is 266 g/mol. The third kappa shape index (κ3) is 2.86. The topological polar surface area (TPSA) is 29.3 Å². The van der Waals surface area contributed by atoms with E-state index in [0.717, 1.165) is 23.1 Å². The predicted octanol–water partition coefficient (Wildman–Crippen LogP) is 3.41. The van der Waals surface area contributed by atoms with Gasteiger partial charge in [-0.1, -0.05) is 12.5 Å². The van der Waals surface area contributed by atoms with Crippen LogP contribution in [0, 0.1) is 6.92 Å². The summed E-state index contributed by atoms with van der Waals surface area (Å²) in [4.78, 5) is 4.63. The second kappa shape index (κ2) is 6.19. The van der Waals surface area contributed by atoms with Gasteiger partial charge in [-0.15, -0.1) is 0 Å². The maximum Gasteiger partial charge on any atom is 0.137 e. The van der Waals surface area contributed by atoms with E-state index < -0.39 is 0 Å². The predicted molar refractivity (Wildman–Crippen MR) is 86.3 cm³/mol. The first-order chi connectivity index (χ1) is 9.78. The first-order valence-electron chi connectivity index (χ1n) is 7.46. The lowest BCUT2D eigenvalue weighted by atomic mass is 9.95. The summed E-state index contributed by atoms with van der Waals surface area (Å²) in [6, 6.07) is 6.85. The van der Waals surface area contributed by atoms with E-state index in [0.29, 0.717) is 6.04 Å². The van der Waals surface area contributed by atoms with Crippen LogP contribution in [0.15, 0.2) is 24.4 Å². The van der Waals surface area contributed by atoms with E-state index in [9.17, 15) is 0 Å². The number of hydrogen-bond donors (Lipinski definition) is 1. The van der Waals surface area contributed by atoms with E-state index in [-0.39, 0.29) is 0 Å². The average molecular weight is 289 g/mol. The van der Waals surface area contributed by atoms with Crippen molar-refractivity contribution in [1.82, 2.24) is 14.7 Å². The molecule has 2 unspecified atom stereocenters. The van der Waals surface area contributed by atoms with E-state index in [2.05, 4.69) is 46.2 Å². The van der Waals surface area contributed by atoms with Gasteiger partial charge in [0, 0.05) is 24.0 Å². The fourth-order valence-corrected chi connectivity index (χ4v) is 3.99. The first-order valence-corrected chi connectivity index (χ1v) is 8.75. The number of rotatable bonds is 4. The number of pyridine rings is 1. The average Bonchev–Trinajstić information content (AvgIpc) is 2.81. The van der Waals surface area contributed by atoms with Gasteiger partial charge in [0.15, 0.2) is 0 Å². The Balaban J connectivity index is 1.69. The Morgan fingerprint density at radius 2 is 2.30 bits per heavy atom. The van der Waals surface area contributed by atoms with Crippen LogP contribution >= 0.6 is 11.8 Å². The number of aromatic nitrogens is 2. The molecule has 1 saturated carbocycles. The SMILES string of the molecule is CSC1CCCC(NCc2c(C)nc3ccccn23)C1. The summed E-state index contributed by atoms with van der Waals surface area (Å²) in [6.07, 6.45) is 9.70. The molecule has 2 aromatic rings. The third-order valence-electron chi connectivity index (χ3n) is 4.35.